The van der Waals surface area contributed by atoms with Crippen molar-refractivity contribution in [2.45, 2.75) is 4.90 Å². The van der Waals surface area contributed by atoms with Crippen molar-refractivity contribution in [3.8, 4) is 0 Å². The molecule has 1 aromatic carbocycles. The molecule has 1 amide bonds. The van der Waals surface area contributed by atoms with Crippen LogP contribution < -0.4 is 10.4 Å². The average molecular weight is 351 g/mol. The van der Waals surface area contributed by atoms with Gasteiger partial charge in [-0.2, -0.15) is 0 Å². The Morgan fingerprint density at radius 1 is 1.13 bits per heavy atom. The minimum Gasteiger partial charge on any atom is -0.295 e. The summed E-state index contributed by atoms with van der Waals surface area (Å²) in [5.74, 6) is -0.679. The van der Waals surface area contributed by atoms with Crippen LogP contribution in [0.3, 0.4) is 0 Å². The SMILES string of the molecule is Cn1c(=O)n(C)c2cc(S(=O)(=O)NC(=O)c3cccs3)ccc21. The Morgan fingerprint density at radius 3 is 2.48 bits per heavy atom. The molecule has 1 N–H and O–H groups in total. The number of benzene rings is 1. The van der Waals surface area contributed by atoms with Gasteiger partial charge in [-0.1, -0.05) is 6.07 Å². The summed E-state index contributed by atoms with van der Waals surface area (Å²) in [6, 6.07) is 7.49. The van der Waals surface area contributed by atoms with E-state index in [0.29, 0.717) is 15.9 Å². The van der Waals surface area contributed by atoms with Crippen LogP contribution in [-0.4, -0.2) is 23.5 Å². The number of nitrogens with one attached hydrogen (secondary N) is 1. The summed E-state index contributed by atoms with van der Waals surface area (Å²) >= 11 is 1.15. The summed E-state index contributed by atoms with van der Waals surface area (Å²) in [6.45, 7) is 0. The molecule has 2 aromatic heterocycles. The monoisotopic (exact) mass is 351 g/mol. The van der Waals surface area contributed by atoms with Gasteiger partial charge in [0.1, 0.15) is 0 Å². The molecule has 9 heteroatoms. The van der Waals surface area contributed by atoms with Crippen LogP contribution >= 0.6 is 11.3 Å². The summed E-state index contributed by atoms with van der Waals surface area (Å²) in [6.07, 6.45) is 0. The first-order valence-electron chi connectivity index (χ1n) is 6.57. The molecule has 0 unspecified atom stereocenters. The van der Waals surface area contributed by atoms with Crippen LogP contribution in [0.2, 0.25) is 0 Å². The molecule has 120 valence electrons. The van der Waals surface area contributed by atoms with E-state index < -0.39 is 15.9 Å². The Labute approximate surface area is 135 Å². The number of amides is 1. The molecule has 0 bridgehead atoms. The zero-order chi connectivity index (χ0) is 16.8. The maximum atomic E-state index is 12.4. The Hall–Kier alpha value is -2.39. The Bertz CT molecular complexity index is 1060. The number of sulfonamides is 1. The van der Waals surface area contributed by atoms with E-state index in [1.807, 2.05) is 4.72 Å². The lowest BCUT2D eigenvalue weighted by molar-refractivity contribution is 0.0985. The van der Waals surface area contributed by atoms with Crippen LogP contribution in [0.4, 0.5) is 0 Å². The third kappa shape index (κ3) is 2.57. The topological polar surface area (TPSA) is 90.2 Å². The van der Waals surface area contributed by atoms with E-state index in [0.717, 1.165) is 11.3 Å². The number of imidazole rings is 1. The van der Waals surface area contributed by atoms with E-state index in [1.165, 1.54) is 21.3 Å². The van der Waals surface area contributed by atoms with Crippen molar-refractivity contribution in [1.29, 1.82) is 0 Å². The lowest BCUT2D eigenvalue weighted by Gasteiger charge is -2.06. The number of thiophene rings is 1. The van der Waals surface area contributed by atoms with E-state index in [2.05, 4.69) is 0 Å². The van der Waals surface area contributed by atoms with E-state index >= 15 is 0 Å². The fraction of sp³-hybridized carbons (Fsp3) is 0.143. The molecule has 0 fully saturated rings. The van der Waals surface area contributed by atoms with Gasteiger partial charge < -0.3 is 0 Å². The van der Waals surface area contributed by atoms with Crippen LogP contribution in [0.15, 0.2) is 45.4 Å². The summed E-state index contributed by atoms with van der Waals surface area (Å²) < 4.78 is 29.5. The molecule has 0 saturated heterocycles. The predicted molar refractivity (Wildman–Crippen MR) is 87.1 cm³/mol. The zero-order valence-electron chi connectivity index (χ0n) is 12.3. The number of fused-ring (bicyclic) bond motifs is 1. The van der Waals surface area contributed by atoms with E-state index in [9.17, 15) is 18.0 Å². The van der Waals surface area contributed by atoms with Gasteiger partial charge in [0, 0.05) is 14.1 Å². The van der Waals surface area contributed by atoms with Crippen LogP contribution in [0.25, 0.3) is 11.0 Å². The van der Waals surface area contributed by atoms with Gasteiger partial charge in [-0.05, 0) is 29.6 Å². The molecular formula is C14H13N3O4S2. The molecule has 0 aliphatic rings. The maximum absolute atomic E-state index is 12.4. The first kappa shape index (κ1) is 15.5. The minimum atomic E-state index is -4.01. The van der Waals surface area contributed by atoms with Gasteiger partial charge in [0.15, 0.2) is 0 Å². The van der Waals surface area contributed by atoms with Crippen molar-refractivity contribution in [2.75, 3.05) is 0 Å². The summed E-state index contributed by atoms with van der Waals surface area (Å²) in [7, 11) is -0.846. The molecule has 3 rings (SSSR count). The van der Waals surface area contributed by atoms with Crippen LogP contribution in [-0.2, 0) is 24.1 Å². The number of aromatic nitrogens is 2. The normalized spacial score (nSPS) is 11.7. The van der Waals surface area contributed by atoms with Crippen molar-refractivity contribution in [3.63, 3.8) is 0 Å². The molecule has 2 heterocycles. The first-order chi connectivity index (χ1) is 10.8. The number of rotatable bonds is 3. The van der Waals surface area contributed by atoms with Gasteiger partial charge in [-0.3, -0.25) is 13.9 Å². The number of aryl methyl sites for hydroxylation is 2. The number of carbonyl (C=O) groups is 1. The molecule has 0 aliphatic carbocycles. The summed E-state index contributed by atoms with van der Waals surface area (Å²) in [5, 5.41) is 1.69. The smallest absolute Gasteiger partial charge is 0.295 e. The van der Waals surface area contributed by atoms with Crippen LogP contribution in [0, 0.1) is 0 Å². The van der Waals surface area contributed by atoms with Gasteiger partial charge in [-0.25, -0.2) is 17.9 Å². The molecule has 0 radical (unpaired) electrons. The zero-order valence-corrected chi connectivity index (χ0v) is 13.9. The molecule has 0 spiro atoms. The van der Waals surface area contributed by atoms with Crippen molar-refractivity contribution in [2.24, 2.45) is 14.1 Å². The Morgan fingerprint density at radius 2 is 1.83 bits per heavy atom. The number of hydrogen-bond acceptors (Lipinski definition) is 5. The summed E-state index contributed by atoms with van der Waals surface area (Å²) in [5.41, 5.74) is 0.835. The maximum Gasteiger partial charge on any atom is 0.328 e. The van der Waals surface area contributed by atoms with Crippen LogP contribution in [0.5, 0.6) is 0 Å². The van der Waals surface area contributed by atoms with Crippen molar-refractivity contribution in [1.82, 2.24) is 13.9 Å². The second-order valence-electron chi connectivity index (χ2n) is 4.96. The minimum absolute atomic E-state index is 0.0730. The fourth-order valence-corrected chi connectivity index (χ4v) is 3.96. The molecule has 7 nitrogen and oxygen atoms in total. The lowest BCUT2D eigenvalue weighted by Crippen LogP contribution is -2.30. The Kier molecular flexibility index (Phi) is 3.61. The molecule has 23 heavy (non-hydrogen) atoms. The van der Waals surface area contributed by atoms with Gasteiger partial charge in [0.2, 0.25) is 0 Å². The lowest BCUT2D eigenvalue weighted by atomic mass is 10.3. The number of nitrogens with zero attached hydrogens (tertiary/aromatic N) is 2. The van der Waals surface area contributed by atoms with Crippen molar-refractivity contribution >= 4 is 38.3 Å². The van der Waals surface area contributed by atoms with Gasteiger partial charge >= 0.3 is 5.69 Å². The fourth-order valence-electron chi connectivity index (χ4n) is 2.29. The number of carbonyl (C=O) groups excluding carboxylic acids is 1. The second kappa shape index (κ2) is 5.36. The molecular weight excluding hydrogens is 338 g/mol. The summed E-state index contributed by atoms with van der Waals surface area (Å²) in [4.78, 5) is 24.1. The standard InChI is InChI=1S/C14H13N3O4S2/c1-16-10-6-5-9(8-11(10)17(2)14(16)19)23(20,21)15-13(18)12-4-3-7-22-12/h3-8H,1-2H3,(H,15,18). The Balaban J connectivity index is 2.03. The number of hydrogen-bond donors (Lipinski definition) is 1. The highest BCUT2D eigenvalue weighted by Gasteiger charge is 2.21. The van der Waals surface area contributed by atoms with E-state index in [1.54, 1.807) is 37.7 Å². The molecule has 0 saturated carbocycles. The second-order valence-corrected chi connectivity index (χ2v) is 7.59. The van der Waals surface area contributed by atoms with E-state index in [4.69, 9.17) is 0 Å². The van der Waals surface area contributed by atoms with Crippen molar-refractivity contribution < 1.29 is 13.2 Å². The molecule has 3 aromatic rings. The highest BCUT2D eigenvalue weighted by atomic mass is 32.2. The van der Waals surface area contributed by atoms with Crippen LogP contribution in [0.1, 0.15) is 9.67 Å². The van der Waals surface area contributed by atoms with Gasteiger partial charge in [0.25, 0.3) is 15.9 Å². The predicted octanol–water partition coefficient (Wildman–Crippen LogP) is 1.06. The molecule has 0 aliphatic heterocycles. The average Bonchev–Trinajstić information content (AvgIpc) is 3.12. The first-order valence-corrected chi connectivity index (χ1v) is 8.93. The van der Waals surface area contributed by atoms with Gasteiger partial charge in [-0.15, -0.1) is 11.3 Å². The van der Waals surface area contributed by atoms with Crippen molar-refractivity contribution in [3.05, 3.63) is 51.1 Å². The van der Waals surface area contributed by atoms with Gasteiger partial charge in [0.05, 0.1) is 20.8 Å². The largest absolute Gasteiger partial charge is 0.328 e. The third-order valence-electron chi connectivity index (χ3n) is 3.53. The van der Waals surface area contributed by atoms with E-state index in [-0.39, 0.29) is 10.6 Å². The quantitative estimate of drug-likeness (QED) is 0.764. The third-order valence-corrected chi connectivity index (χ3v) is 5.72. The highest BCUT2D eigenvalue weighted by Crippen LogP contribution is 2.18. The molecule has 0 atom stereocenters. The highest BCUT2D eigenvalue weighted by molar-refractivity contribution is 7.90.